The minimum Gasteiger partial charge on any atom is -0.358 e. The Balaban J connectivity index is -0.000000333. The molecule has 0 aromatic rings. The average Bonchev–Trinajstić information content (AvgIpc) is 2.12. The van der Waals surface area contributed by atoms with Crippen molar-refractivity contribution < 1.29 is 25.8 Å². The first kappa shape index (κ1) is 19.2. The van der Waals surface area contributed by atoms with Crippen LogP contribution in [0.5, 0.6) is 0 Å². The molecule has 0 heterocycles. The normalized spacial score (nSPS) is 13.6. The fourth-order valence-electron chi connectivity index (χ4n) is 1.30. The molecule has 2 heteroatoms. The topological polar surface area (TPSA) is 0 Å². The SMILES string of the molecule is C[Si](C)(C)CC1=CC=CC1.[CH3-].[CH3-].[Hf]. The standard InChI is InChI=1S/C9H16Si.2CH3.Hf/c1-10(2,3)8-9-6-4-5-7-9;;;/h4-6H,7-8H2,1-3H3;2*1H3;/q;2*-1;. The monoisotopic (exact) mass is 362 g/mol. The first-order chi connectivity index (χ1) is 4.58. The zero-order chi connectivity index (χ0) is 7.61. The van der Waals surface area contributed by atoms with Gasteiger partial charge in [0.1, 0.15) is 0 Å². The molecular formula is C11H22HfSi-2. The van der Waals surface area contributed by atoms with Crippen molar-refractivity contribution in [2.24, 2.45) is 0 Å². The number of hydrogen-bond donors (Lipinski definition) is 0. The summed E-state index contributed by atoms with van der Waals surface area (Å²) in [5.41, 5.74) is 1.64. The molecule has 0 bridgehead atoms. The van der Waals surface area contributed by atoms with Crippen LogP contribution in [0.25, 0.3) is 0 Å². The summed E-state index contributed by atoms with van der Waals surface area (Å²) >= 11 is 0. The molecule has 0 unspecified atom stereocenters. The minimum atomic E-state index is -0.831. The van der Waals surface area contributed by atoms with E-state index in [4.69, 9.17) is 0 Å². The van der Waals surface area contributed by atoms with Gasteiger partial charge in [0.2, 0.25) is 0 Å². The van der Waals surface area contributed by atoms with Gasteiger partial charge in [-0.05, 0) is 12.5 Å². The van der Waals surface area contributed by atoms with Crippen LogP contribution in [0, 0.1) is 14.9 Å². The first-order valence-electron chi connectivity index (χ1n) is 3.92. The van der Waals surface area contributed by atoms with Gasteiger partial charge in [-0.3, -0.25) is 0 Å². The Morgan fingerprint density at radius 3 is 2.08 bits per heavy atom. The van der Waals surface area contributed by atoms with Crippen molar-refractivity contribution in [3.8, 4) is 0 Å². The van der Waals surface area contributed by atoms with Crippen molar-refractivity contribution in [1.82, 2.24) is 0 Å². The number of allylic oxidation sites excluding steroid dienone is 4. The molecule has 76 valence electrons. The second kappa shape index (κ2) is 7.92. The van der Waals surface area contributed by atoms with Gasteiger partial charge >= 0.3 is 0 Å². The maximum Gasteiger partial charge on any atom is 0.0483 e. The van der Waals surface area contributed by atoms with E-state index in [0.29, 0.717) is 0 Å². The van der Waals surface area contributed by atoms with Crippen LogP contribution in [0.2, 0.25) is 25.7 Å². The maximum atomic E-state index is 2.42. The van der Waals surface area contributed by atoms with E-state index in [1.807, 2.05) is 0 Å². The molecule has 13 heavy (non-hydrogen) atoms. The molecule has 0 nitrogen and oxygen atoms in total. The summed E-state index contributed by atoms with van der Waals surface area (Å²) in [4.78, 5) is 0. The van der Waals surface area contributed by atoms with Gasteiger partial charge in [0, 0.05) is 33.9 Å². The van der Waals surface area contributed by atoms with E-state index in [2.05, 4.69) is 37.9 Å². The van der Waals surface area contributed by atoms with Gasteiger partial charge in [0.25, 0.3) is 0 Å². The summed E-state index contributed by atoms with van der Waals surface area (Å²) in [5.74, 6) is 0. The van der Waals surface area contributed by atoms with Crippen LogP contribution in [-0.2, 0) is 25.8 Å². The summed E-state index contributed by atoms with van der Waals surface area (Å²) in [6, 6.07) is 1.38. The molecule has 0 atom stereocenters. The Bertz CT molecular complexity index is 175. The number of hydrogen-bond acceptors (Lipinski definition) is 0. The Labute approximate surface area is 104 Å². The van der Waals surface area contributed by atoms with Gasteiger partial charge in [-0.25, -0.2) is 0 Å². The van der Waals surface area contributed by atoms with Crippen molar-refractivity contribution in [2.75, 3.05) is 0 Å². The summed E-state index contributed by atoms with van der Waals surface area (Å²) in [6.07, 6.45) is 7.91. The van der Waals surface area contributed by atoms with E-state index in [9.17, 15) is 0 Å². The van der Waals surface area contributed by atoms with E-state index in [0.717, 1.165) is 0 Å². The van der Waals surface area contributed by atoms with E-state index < -0.39 is 8.07 Å². The molecule has 1 aliphatic carbocycles. The smallest absolute Gasteiger partial charge is 0.0483 e. The predicted molar refractivity (Wildman–Crippen MR) is 62.8 cm³/mol. The third-order valence-electron chi connectivity index (χ3n) is 1.61. The van der Waals surface area contributed by atoms with Gasteiger partial charge in [-0.1, -0.05) is 43.4 Å². The third kappa shape index (κ3) is 8.89. The molecule has 1 aliphatic rings. The predicted octanol–water partition coefficient (Wildman–Crippen LogP) is 4.11. The Kier molecular flexibility index (Phi) is 11.7. The van der Waals surface area contributed by atoms with E-state index in [1.54, 1.807) is 5.57 Å². The molecule has 0 N–H and O–H groups in total. The Morgan fingerprint density at radius 1 is 1.23 bits per heavy atom. The van der Waals surface area contributed by atoms with Gasteiger partial charge in [0.15, 0.2) is 0 Å². The van der Waals surface area contributed by atoms with Crippen molar-refractivity contribution in [1.29, 1.82) is 0 Å². The van der Waals surface area contributed by atoms with E-state index >= 15 is 0 Å². The summed E-state index contributed by atoms with van der Waals surface area (Å²) in [7, 11) is -0.831. The van der Waals surface area contributed by atoms with Crippen molar-refractivity contribution >= 4 is 8.07 Å². The molecule has 0 aromatic heterocycles. The zero-order valence-electron chi connectivity index (χ0n) is 9.65. The summed E-state index contributed by atoms with van der Waals surface area (Å²) in [5, 5.41) is 0. The largest absolute Gasteiger partial charge is 0.358 e. The van der Waals surface area contributed by atoms with Crippen LogP contribution in [0.4, 0.5) is 0 Å². The molecule has 1 rings (SSSR count). The van der Waals surface area contributed by atoms with Crippen LogP contribution >= 0.6 is 0 Å². The summed E-state index contributed by atoms with van der Waals surface area (Å²) in [6.45, 7) is 7.27. The minimum absolute atomic E-state index is 0. The van der Waals surface area contributed by atoms with Gasteiger partial charge < -0.3 is 14.9 Å². The molecule has 0 saturated heterocycles. The van der Waals surface area contributed by atoms with Crippen molar-refractivity contribution in [3.63, 3.8) is 0 Å². The fraction of sp³-hybridized carbons (Fsp3) is 0.455. The Morgan fingerprint density at radius 2 is 1.77 bits per heavy atom. The third-order valence-corrected chi connectivity index (χ3v) is 3.12. The van der Waals surface area contributed by atoms with Crippen LogP contribution in [-0.4, -0.2) is 8.07 Å². The molecule has 0 saturated carbocycles. The van der Waals surface area contributed by atoms with Crippen molar-refractivity contribution in [2.45, 2.75) is 32.1 Å². The maximum absolute atomic E-state index is 2.42. The molecular weight excluding hydrogens is 339 g/mol. The average molecular weight is 361 g/mol. The molecule has 0 aliphatic heterocycles. The second-order valence-electron chi connectivity index (χ2n) is 4.19. The van der Waals surface area contributed by atoms with Crippen molar-refractivity contribution in [3.05, 3.63) is 38.7 Å². The van der Waals surface area contributed by atoms with Gasteiger partial charge in [-0.15, -0.1) is 0 Å². The van der Waals surface area contributed by atoms with Crippen LogP contribution in [0.15, 0.2) is 23.8 Å². The molecule has 0 amide bonds. The quantitative estimate of drug-likeness (QED) is 0.513. The Hall–Kier alpha value is 0.567. The second-order valence-corrected chi connectivity index (χ2v) is 9.67. The zero-order valence-corrected chi connectivity index (χ0v) is 14.2. The molecule has 0 spiro atoms. The van der Waals surface area contributed by atoms with Gasteiger partial charge in [0.05, 0.1) is 0 Å². The first-order valence-corrected chi connectivity index (χ1v) is 7.63. The van der Waals surface area contributed by atoms with E-state index in [1.165, 1.54) is 12.5 Å². The molecule has 0 radical (unpaired) electrons. The molecule has 0 fully saturated rings. The summed E-state index contributed by atoms with van der Waals surface area (Å²) < 4.78 is 0. The van der Waals surface area contributed by atoms with Crippen LogP contribution in [0.1, 0.15) is 6.42 Å². The van der Waals surface area contributed by atoms with Gasteiger partial charge in [-0.2, -0.15) is 0 Å². The fourth-order valence-corrected chi connectivity index (χ4v) is 2.93. The number of rotatable bonds is 2. The van der Waals surface area contributed by atoms with Crippen LogP contribution < -0.4 is 0 Å². The van der Waals surface area contributed by atoms with Crippen LogP contribution in [0.3, 0.4) is 0 Å². The van der Waals surface area contributed by atoms with E-state index in [-0.39, 0.29) is 40.7 Å². The molecule has 0 aromatic carbocycles.